The van der Waals surface area contributed by atoms with Crippen molar-refractivity contribution in [1.29, 1.82) is 0 Å². The van der Waals surface area contributed by atoms with Gasteiger partial charge in [0.2, 0.25) is 0 Å². The smallest absolute Gasteiger partial charge is 0.0546 e. The molecule has 2 heterocycles. The number of para-hydroxylation sites is 2. The van der Waals surface area contributed by atoms with Gasteiger partial charge in [-0.25, -0.2) is 0 Å². The molecule has 1 aliphatic rings. The summed E-state index contributed by atoms with van der Waals surface area (Å²) in [5, 5.41) is 12.7. The molecule has 0 atom stereocenters. The molecule has 0 N–H and O–H groups in total. The maximum absolute atomic E-state index is 2.47. The minimum atomic E-state index is 1.20. The van der Waals surface area contributed by atoms with E-state index in [9.17, 15) is 0 Å². The summed E-state index contributed by atoms with van der Waals surface area (Å²) >= 11 is 0. The summed E-state index contributed by atoms with van der Waals surface area (Å²) in [4.78, 5) is 0. The van der Waals surface area contributed by atoms with Gasteiger partial charge in [-0.1, -0.05) is 170 Å². The fourth-order valence-corrected chi connectivity index (χ4v) is 10.9. The zero-order valence-corrected chi connectivity index (χ0v) is 33.7. The molecule has 2 heteroatoms. The Morgan fingerprint density at radius 1 is 0.226 bits per heavy atom. The molecule has 62 heavy (non-hydrogen) atoms. The lowest BCUT2D eigenvalue weighted by Gasteiger charge is -2.14. The zero-order chi connectivity index (χ0) is 40.5. The van der Waals surface area contributed by atoms with E-state index in [1.165, 1.54) is 132 Å². The largest absolute Gasteiger partial charge is 0.309 e. The Hall–Kier alpha value is -8.20. The quantitative estimate of drug-likeness (QED) is 0.157. The summed E-state index contributed by atoms with van der Waals surface area (Å²) in [6, 6.07) is 81.0. The molecule has 1 aliphatic carbocycles. The number of nitrogens with zero attached hydrogens (tertiary/aromatic N) is 2. The number of hydrogen-bond acceptors (Lipinski definition) is 0. The molecule has 0 bridgehead atoms. The Kier molecular flexibility index (Phi) is 6.86. The average molecular weight is 785 g/mol. The summed E-state index contributed by atoms with van der Waals surface area (Å²) in [6.45, 7) is 0. The Labute approximate surface area is 357 Å². The van der Waals surface area contributed by atoms with Crippen molar-refractivity contribution in [1.82, 2.24) is 9.13 Å². The van der Waals surface area contributed by atoms with E-state index < -0.39 is 0 Å². The van der Waals surface area contributed by atoms with Gasteiger partial charge in [0.05, 0.1) is 33.4 Å². The minimum absolute atomic E-state index is 1.20. The van der Waals surface area contributed by atoms with Crippen molar-refractivity contribution < 1.29 is 0 Å². The van der Waals surface area contributed by atoms with Crippen LogP contribution in [0.1, 0.15) is 0 Å². The zero-order valence-electron chi connectivity index (χ0n) is 33.7. The predicted octanol–water partition coefficient (Wildman–Crippen LogP) is 16.3. The summed E-state index contributed by atoms with van der Waals surface area (Å²) in [7, 11) is 0. The van der Waals surface area contributed by atoms with Crippen LogP contribution in [0.3, 0.4) is 0 Å². The van der Waals surface area contributed by atoms with Gasteiger partial charge in [0.15, 0.2) is 0 Å². The van der Waals surface area contributed by atoms with Crippen molar-refractivity contribution in [3.8, 4) is 55.9 Å². The Bertz CT molecular complexity index is 4000. The first-order valence-electron chi connectivity index (χ1n) is 21.5. The lowest BCUT2D eigenvalue weighted by molar-refractivity contribution is 1.20. The molecule has 0 aliphatic heterocycles. The van der Waals surface area contributed by atoms with E-state index >= 15 is 0 Å². The molecule has 0 saturated carbocycles. The molecule has 13 aromatic rings. The van der Waals surface area contributed by atoms with Gasteiger partial charge in [0, 0.05) is 32.3 Å². The van der Waals surface area contributed by atoms with Gasteiger partial charge in [-0.05, 0) is 115 Å². The van der Waals surface area contributed by atoms with Crippen molar-refractivity contribution in [2.24, 2.45) is 0 Å². The highest BCUT2D eigenvalue weighted by atomic mass is 15.0. The van der Waals surface area contributed by atoms with Crippen LogP contribution in [0.2, 0.25) is 0 Å². The standard InChI is InChI=1S/C60H36N2/c1-2-13-42-41(12-1)36-59(46-17-6-5-14-43(42)46)62-55-23-10-8-19-48(55)53-35-40(29-32-58(53)62)38-26-24-37(25-27-38)39-28-31-57-52(34-39)47-18-7-9-22-54(47)61(57)56-33-30-50-45-16-4-3-15-44(45)49-20-11-21-51(56)60(49)50/h1-36H. The van der Waals surface area contributed by atoms with Gasteiger partial charge in [-0.2, -0.15) is 0 Å². The Morgan fingerprint density at radius 2 is 0.677 bits per heavy atom. The number of hydrogen-bond donors (Lipinski definition) is 0. The molecule has 0 amide bonds. The first kappa shape index (κ1) is 33.6. The highest BCUT2D eigenvalue weighted by Gasteiger charge is 2.24. The van der Waals surface area contributed by atoms with Crippen LogP contribution in [0, 0.1) is 0 Å². The van der Waals surface area contributed by atoms with Gasteiger partial charge in [-0.15, -0.1) is 0 Å². The van der Waals surface area contributed by atoms with Crippen LogP contribution in [0.5, 0.6) is 0 Å². The second kappa shape index (κ2) is 12.7. The Morgan fingerprint density at radius 3 is 1.32 bits per heavy atom. The molecule has 0 fully saturated rings. The fraction of sp³-hybridized carbons (Fsp3) is 0. The predicted molar refractivity (Wildman–Crippen MR) is 263 cm³/mol. The van der Waals surface area contributed by atoms with E-state index in [4.69, 9.17) is 0 Å². The van der Waals surface area contributed by atoms with Crippen LogP contribution in [-0.4, -0.2) is 9.13 Å². The first-order valence-corrected chi connectivity index (χ1v) is 21.5. The monoisotopic (exact) mass is 784 g/mol. The normalized spacial score (nSPS) is 12.2. The van der Waals surface area contributed by atoms with Crippen LogP contribution in [0.15, 0.2) is 218 Å². The van der Waals surface area contributed by atoms with Gasteiger partial charge in [0.25, 0.3) is 0 Å². The molecule has 0 spiro atoms. The minimum Gasteiger partial charge on any atom is -0.309 e. The van der Waals surface area contributed by atoms with Crippen molar-refractivity contribution in [2.75, 3.05) is 0 Å². The molecule has 11 aromatic carbocycles. The molecular weight excluding hydrogens is 749 g/mol. The lowest BCUT2D eigenvalue weighted by Crippen LogP contribution is -1.96. The van der Waals surface area contributed by atoms with E-state index in [1.807, 2.05) is 0 Å². The first-order chi connectivity index (χ1) is 30.8. The van der Waals surface area contributed by atoms with E-state index in [0.29, 0.717) is 0 Å². The van der Waals surface area contributed by atoms with Gasteiger partial charge in [-0.3, -0.25) is 0 Å². The third-order valence-corrected chi connectivity index (χ3v) is 13.6. The highest BCUT2D eigenvalue weighted by Crippen LogP contribution is 2.49. The molecule has 0 saturated heterocycles. The van der Waals surface area contributed by atoms with Crippen LogP contribution in [-0.2, 0) is 0 Å². The molecule has 0 unspecified atom stereocenters. The van der Waals surface area contributed by atoms with Crippen LogP contribution < -0.4 is 0 Å². The second-order valence-electron chi connectivity index (χ2n) is 16.8. The number of benzene rings is 11. The van der Waals surface area contributed by atoms with Crippen LogP contribution in [0.4, 0.5) is 0 Å². The van der Waals surface area contributed by atoms with E-state index in [-0.39, 0.29) is 0 Å². The maximum atomic E-state index is 2.47. The maximum Gasteiger partial charge on any atom is 0.0546 e. The molecule has 286 valence electrons. The van der Waals surface area contributed by atoms with Crippen LogP contribution >= 0.6 is 0 Å². The molecule has 2 nitrogen and oxygen atoms in total. The van der Waals surface area contributed by atoms with E-state index in [0.717, 1.165) is 0 Å². The number of fused-ring (bicyclic) bond motifs is 12. The fourth-order valence-electron chi connectivity index (χ4n) is 10.9. The van der Waals surface area contributed by atoms with E-state index in [1.54, 1.807) is 0 Å². The Balaban J connectivity index is 0.869. The summed E-state index contributed by atoms with van der Waals surface area (Å²) < 4.78 is 4.93. The topological polar surface area (TPSA) is 9.86 Å². The number of rotatable bonds is 4. The SMILES string of the molecule is c1ccc2c(c1)-c1cccc3c(-n4c5ccccc5c5cc(-c6ccc(-c7ccc8c(c7)c7ccccc7n8-c7cc8ccccc8c8ccccc78)cc6)ccc54)ccc-2c13. The van der Waals surface area contributed by atoms with Crippen molar-refractivity contribution in [2.45, 2.75) is 0 Å². The molecular formula is C60H36N2. The van der Waals surface area contributed by atoms with E-state index in [2.05, 4.69) is 228 Å². The van der Waals surface area contributed by atoms with Crippen LogP contribution in [0.25, 0.3) is 132 Å². The van der Waals surface area contributed by atoms with Gasteiger partial charge >= 0.3 is 0 Å². The highest BCUT2D eigenvalue weighted by molar-refractivity contribution is 6.19. The molecule has 2 aromatic heterocycles. The molecule has 14 rings (SSSR count). The third-order valence-electron chi connectivity index (χ3n) is 13.6. The average Bonchev–Trinajstić information content (AvgIpc) is 3.97. The summed E-state index contributed by atoms with van der Waals surface area (Å²) in [5.74, 6) is 0. The van der Waals surface area contributed by atoms with Crippen molar-refractivity contribution in [3.63, 3.8) is 0 Å². The van der Waals surface area contributed by atoms with Gasteiger partial charge in [0.1, 0.15) is 0 Å². The van der Waals surface area contributed by atoms with Crippen molar-refractivity contribution >= 4 is 75.9 Å². The van der Waals surface area contributed by atoms with Gasteiger partial charge < -0.3 is 9.13 Å². The summed E-state index contributed by atoms with van der Waals surface area (Å²) in [6.07, 6.45) is 0. The second-order valence-corrected chi connectivity index (χ2v) is 16.8. The van der Waals surface area contributed by atoms with Crippen molar-refractivity contribution in [3.05, 3.63) is 218 Å². The molecule has 0 radical (unpaired) electrons. The summed E-state index contributed by atoms with van der Waals surface area (Å²) in [5.41, 5.74) is 17.4. The third kappa shape index (κ3) is 4.64. The number of aromatic nitrogens is 2. The lowest BCUT2D eigenvalue weighted by atomic mass is 9.98.